The van der Waals surface area contributed by atoms with E-state index >= 15 is 0 Å². The van der Waals surface area contributed by atoms with Crippen LogP contribution in [0, 0.1) is 11.6 Å². The Kier molecular flexibility index (Phi) is 6.33. The number of likely N-dealkylation sites (tertiary alicyclic amines) is 1. The molecule has 32 heavy (non-hydrogen) atoms. The van der Waals surface area contributed by atoms with E-state index in [0.717, 1.165) is 17.6 Å². The highest BCUT2D eigenvalue weighted by Crippen LogP contribution is 2.40. The van der Waals surface area contributed by atoms with Gasteiger partial charge in [0.1, 0.15) is 33.6 Å². The number of piperidine rings is 1. The number of halogens is 4. The summed E-state index contributed by atoms with van der Waals surface area (Å²) in [4.78, 5) is 4.67. The second-order valence-electron chi connectivity index (χ2n) is 7.68. The van der Waals surface area contributed by atoms with Crippen LogP contribution < -0.4 is 0 Å². The predicted molar refractivity (Wildman–Crippen MR) is 111 cm³/mol. The van der Waals surface area contributed by atoms with Gasteiger partial charge in [0.25, 0.3) is 5.92 Å². The Morgan fingerprint density at radius 1 is 1.12 bits per heavy atom. The van der Waals surface area contributed by atoms with Crippen molar-refractivity contribution in [3.05, 3.63) is 76.6 Å². The molecule has 3 aromatic rings. The first kappa shape index (κ1) is 22.8. The molecule has 0 aliphatic carbocycles. The van der Waals surface area contributed by atoms with Crippen molar-refractivity contribution in [3.8, 4) is 0 Å². The third kappa shape index (κ3) is 5.00. The Labute approximate surface area is 186 Å². The molecule has 1 saturated heterocycles. The SMILES string of the molecule is O=S(=O)(Cc1ncns1)c1cc(F)c(CN2CCC(F)(F)C[C@@H]2c2ccccc2)cc1F. The Morgan fingerprint density at radius 3 is 2.56 bits per heavy atom. The molecule has 1 aromatic heterocycles. The third-order valence-corrected chi connectivity index (χ3v) is 7.89. The molecule has 0 bridgehead atoms. The molecule has 170 valence electrons. The second-order valence-corrected chi connectivity index (χ2v) is 10.5. The zero-order chi connectivity index (χ0) is 22.9. The maximum atomic E-state index is 14.8. The van der Waals surface area contributed by atoms with Gasteiger partial charge in [-0.2, -0.15) is 4.37 Å². The van der Waals surface area contributed by atoms with Crippen molar-refractivity contribution >= 4 is 21.4 Å². The molecule has 0 radical (unpaired) electrons. The molecule has 4 rings (SSSR count). The van der Waals surface area contributed by atoms with E-state index in [0.29, 0.717) is 11.6 Å². The highest BCUT2D eigenvalue weighted by molar-refractivity contribution is 7.90. The fraction of sp³-hybridized carbons (Fsp3) is 0.333. The Hall–Kier alpha value is -2.37. The molecular weight excluding hydrogens is 466 g/mol. The number of sulfone groups is 1. The largest absolute Gasteiger partial charge is 0.292 e. The van der Waals surface area contributed by atoms with E-state index in [9.17, 15) is 26.0 Å². The summed E-state index contributed by atoms with van der Waals surface area (Å²) >= 11 is 0.854. The summed E-state index contributed by atoms with van der Waals surface area (Å²) in [6, 6.07) is 9.48. The fourth-order valence-electron chi connectivity index (χ4n) is 3.82. The molecule has 0 saturated carbocycles. The van der Waals surface area contributed by atoms with Crippen molar-refractivity contribution in [3.63, 3.8) is 0 Å². The van der Waals surface area contributed by atoms with Crippen LogP contribution in [0.1, 0.15) is 35.0 Å². The average molecular weight is 486 g/mol. The van der Waals surface area contributed by atoms with Crippen LogP contribution in [-0.4, -0.2) is 35.1 Å². The van der Waals surface area contributed by atoms with Crippen LogP contribution in [0.5, 0.6) is 0 Å². The zero-order valence-corrected chi connectivity index (χ0v) is 18.4. The molecule has 1 aliphatic rings. The van der Waals surface area contributed by atoms with E-state index in [2.05, 4.69) is 9.36 Å². The maximum absolute atomic E-state index is 14.8. The van der Waals surface area contributed by atoms with Crippen LogP contribution in [0.15, 0.2) is 53.7 Å². The Morgan fingerprint density at radius 2 is 1.88 bits per heavy atom. The van der Waals surface area contributed by atoms with Crippen molar-refractivity contribution in [2.75, 3.05) is 6.54 Å². The monoisotopic (exact) mass is 485 g/mol. The van der Waals surface area contributed by atoms with Gasteiger partial charge in [-0.3, -0.25) is 4.90 Å². The molecule has 0 N–H and O–H groups in total. The third-order valence-electron chi connectivity index (χ3n) is 5.41. The van der Waals surface area contributed by atoms with Gasteiger partial charge >= 0.3 is 0 Å². The molecule has 0 spiro atoms. The van der Waals surface area contributed by atoms with Crippen LogP contribution >= 0.6 is 11.5 Å². The Balaban J connectivity index is 1.60. The first-order chi connectivity index (χ1) is 15.1. The van der Waals surface area contributed by atoms with Gasteiger partial charge in [0.05, 0.1) is 0 Å². The fourth-order valence-corrected chi connectivity index (χ4v) is 6.00. The lowest BCUT2D eigenvalue weighted by Crippen LogP contribution is -2.41. The van der Waals surface area contributed by atoms with E-state index in [1.165, 1.54) is 6.33 Å². The zero-order valence-electron chi connectivity index (χ0n) is 16.7. The molecule has 11 heteroatoms. The summed E-state index contributed by atoms with van der Waals surface area (Å²) < 4.78 is 86.5. The summed E-state index contributed by atoms with van der Waals surface area (Å²) in [5, 5.41) is 0.161. The number of alkyl halides is 2. The summed E-state index contributed by atoms with van der Waals surface area (Å²) in [7, 11) is -4.18. The lowest BCUT2D eigenvalue weighted by atomic mass is 9.92. The summed E-state index contributed by atoms with van der Waals surface area (Å²) in [6.07, 6.45) is 0.352. The van der Waals surface area contributed by atoms with Gasteiger partial charge in [-0.05, 0) is 29.2 Å². The van der Waals surface area contributed by atoms with Gasteiger partial charge in [0.15, 0.2) is 9.84 Å². The van der Waals surface area contributed by atoms with Gasteiger partial charge in [0, 0.05) is 37.5 Å². The average Bonchev–Trinajstić information content (AvgIpc) is 3.24. The predicted octanol–water partition coefficient (Wildman–Crippen LogP) is 4.76. The van der Waals surface area contributed by atoms with Crippen LogP contribution in [0.3, 0.4) is 0 Å². The van der Waals surface area contributed by atoms with Crippen LogP contribution in [0.4, 0.5) is 17.6 Å². The van der Waals surface area contributed by atoms with Gasteiger partial charge < -0.3 is 0 Å². The number of hydrogen-bond acceptors (Lipinski definition) is 6. The quantitative estimate of drug-likeness (QED) is 0.471. The highest BCUT2D eigenvalue weighted by atomic mass is 32.2. The number of benzene rings is 2. The molecule has 0 unspecified atom stereocenters. The van der Waals surface area contributed by atoms with Crippen LogP contribution in [0.2, 0.25) is 0 Å². The number of hydrogen-bond donors (Lipinski definition) is 0. The topological polar surface area (TPSA) is 63.2 Å². The van der Waals surface area contributed by atoms with E-state index in [-0.39, 0.29) is 23.7 Å². The molecule has 5 nitrogen and oxygen atoms in total. The van der Waals surface area contributed by atoms with Crippen molar-refractivity contribution in [2.24, 2.45) is 0 Å². The molecule has 1 aliphatic heterocycles. The highest BCUT2D eigenvalue weighted by Gasteiger charge is 2.41. The van der Waals surface area contributed by atoms with Crippen LogP contribution in [-0.2, 0) is 22.1 Å². The van der Waals surface area contributed by atoms with Crippen molar-refractivity contribution in [2.45, 2.75) is 42.0 Å². The smallest absolute Gasteiger partial charge is 0.251 e. The minimum atomic E-state index is -4.18. The lowest BCUT2D eigenvalue weighted by molar-refractivity contribution is -0.0816. The molecular formula is C21H19F4N3O2S2. The van der Waals surface area contributed by atoms with Gasteiger partial charge in [-0.25, -0.2) is 31.0 Å². The summed E-state index contributed by atoms with van der Waals surface area (Å²) in [5.74, 6) is -5.45. The normalized spacial score (nSPS) is 19.2. The number of rotatable bonds is 6. The van der Waals surface area contributed by atoms with E-state index < -0.39 is 56.9 Å². The van der Waals surface area contributed by atoms with Crippen molar-refractivity contribution in [1.29, 1.82) is 0 Å². The van der Waals surface area contributed by atoms with E-state index in [4.69, 9.17) is 0 Å². The van der Waals surface area contributed by atoms with Gasteiger partial charge in [-0.15, -0.1) is 0 Å². The summed E-state index contributed by atoms with van der Waals surface area (Å²) in [6.45, 7) is -0.139. The molecule has 0 amide bonds. The van der Waals surface area contributed by atoms with E-state index in [1.807, 2.05) is 0 Å². The number of aromatic nitrogens is 2. The standard InChI is InChI=1S/C21H19F4N3O2S2/c22-16-9-19(32(29,30)12-20-26-13-27-31-20)17(23)8-15(16)11-28-7-6-21(24,25)10-18(28)14-4-2-1-3-5-14/h1-5,8-9,13,18H,6-7,10-12H2/t18-/m1/s1. The van der Waals surface area contributed by atoms with E-state index in [1.54, 1.807) is 35.2 Å². The van der Waals surface area contributed by atoms with Gasteiger partial charge in [-0.1, -0.05) is 30.3 Å². The van der Waals surface area contributed by atoms with Crippen molar-refractivity contribution in [1.82, 2.24) is 14.3 Å². The maximum Gasteiger partial charge on any atom is 0.251 e. The Bertz CT molecular complexity index is 1190. The lowest BCUT2D eigenvalue weighted by Gasteiger charge is -2.39. The minimum absolute atomic E-state index is 0.00921. The molecule has 2 aromatic carbocycles. The molecule has 1 atom stereocenters. The molecule has 2 heterocycles. The van der Waals surface area contributed by atoms with Crippen molar-refractivity contribution < 1.29 is 26.0 Å². The first-order valence-corrected chi connectivity index (χ1v) is 12.2. The van der Waals surface area contributed by atoms with Crippen LogP contribution in [0.25, 0.3) is 0 Å². The summed E-state index contributed by atoms with van der Waals surface area (Å²) in [5.41, 5.74) is 0.563. The number of nitrogens with zero attached hydrogens (tertiary/aromatic N) is 3. The van der Waals surface area contributed by atoms with Gasteiger partial charge in [0.2, 0.25) is 0 Å². The second kappa shape index (κ2) is 8.87. The molecule has 1 fully saturated rings. The minimum Gasteiger partial charge on any atom is -0.292 e. The first-order valence-electron chi connectivity index (χ1n) is 9.78.